The highest BCUT2D eigenvalue weighted by molar-refractivity contribution is 5.51. The average Bonchev–Trinajstić information content (AvgIpc) is 2.83. The Balaban J connectivity index is 1.79. The third-order valence-corrected chi connectivity index (χ3v) is 4.11. The summed E-state index contributed by atoms with van der Waals surface area (Å²) in [5.41, 5.74) is 1.14. The van der Waals surface area contributed by atoms with Crippen molar-refractivity contribution in [1.29, 1.82) is 0 Å². The smallest absolute Gasteiger partial charge is 0.164 e. The summed E-state index contributed by atoms with van der Waals surface area (Å²) in [7, 11) is 3.48. The standard InChI is InChI=1S/C16H23NO4/c1-18-13-4-5-17(11-13)10-12-8-15-16(9-14(12)19-2)21-7-3-6-20-15/h8-9,13H,3-7,10-11H2,1-2H3. The second-order valence-corrected chi connectivity index (χ2v) is 5.54. The predicted molar refractivity (Wildman–Crippen MR) is 79.3 cm³/mol. The summed E-state index contributed by atoms with van der Waals surface area (Å²) in [5.74, 6) is 2.47. The Morgan fingerprint density at radius 3 is 2.62 bits per heavy atom. The van der Waals surface area contributed by atoms with Crippen molar-refractivity contribution < 1.29 is 18.9 Å². The highest BCUT2D eigenvalue weighted by Gasteiger charge is 2.24. The molecule has 1 aromatic carbocycles. The molecule has 116 valence electrons. The molecule has 1 unspecified atom stereocenters. The summed E-state index contributed by atoms with van der Waals surface area (Å²) in [5, 5.41) is 0. The molecule has 2 aliphatic rings. The summed E-state index contributed by atoms with van der Waals surface area (Å²) in [6.07, 6.45) is 2.34. The van der Waals surface area contributed by atoms with E-state index in [1.165, 1.54) is 0 Å². The topological polar surface area (TPSA) is 40.2 Å². The summed E-state index contributed by atoms with van der Waals surface area (Å²) < 4.78 is 22.4. The van der Waals surface area contributed by atoms with Crippen LogP contribution in [0.4, 0.5) is 0 Å². The maximum atomic E-state index is 5.77. The van der Waals surface area contributed by atoms with Gasteiger partial charge in [0.15, 0.2) is 11.5 Å². The van der Waals surface area contributed by atoms with Gasteiger partial charge in [-0.05, 0) is 12.5 Å². The summed E-state index contributed by atoms with van der Waals surface area (Å²) in [6.45, 7) is 4.26. The molecule has 0 bridgehead atoms. The number of methoxy groups -OCH3 is 2. The van der Waals surface area contributed by atoms with E-state index < -0.39 is 0 Å². The Kier molecular flexibility index (Phi) is 4.51. The first kappa shape index (κ1) is 14.5. The van der Waals surface area contributed by atoms with E-state index in [1.54, 1.807) is 14.2 Å². The van der Waals surface area contributed by atoms with Crippen molar-refractivity contribution in [3.05, 3.63) is 17.7 Å². The van der Waals surface area contributed by atoms with E-state index >= 15 is 0 Å². The number of likely N-dealkylation sites (tertiary alicyclic amines) is 1. The molecular weight excluding hydrogens is 270 g/mol. The van der Waals surface area contributed by atoms with E-state index in [1.807, 2.05) is 6.07 Å². The third-order valence-electron chi connectivity index (χ3n) is 4.11. The van der Waals surface area contributed by atoms with Crippen molar-refractivity contribution in [3.8, 4) is 17.2 Å². The number of fused-ring (bicyclic) bond motifs is 1. The van der Waals surface area contributed by atoms with E-state index in [-0.39, 0.29) is 0 Å². The molecule has 5 heteroatoms. The lowest BCUT2D eigenvalue weighted by Gasteiger charge is -2.19. The van der Waals surface area contributed by atoms with Gasteiger partial charge in [-0.3, -0.25) is 4.90 Å². The van der Waals surface area contributed by atoms with Crippen LogP contribution >= 0.6 is 0 Å². The van der Waals surface area contributed by atoms with Gasteiger partial charge in [0, 0.05) is 44.8 Å². The fourth-order valence-electron chi connectivity index (χ4n) is 2.92. The lowest BCUT2D eigenvalue weighted by atomic mass is 10.1. The lowest BCUT2D eigenvalue weighted by molar-refractivity contribution is 0.107. The van der Waals surface area contributed by atoms with Crippen molar-refractivity contribution >= 4 is 0 Å². The van der Waals surface area contributed by atoms with Gasteiger partial charge in [0.05, 0.1) is 26.4 Å². The number of benzene rings is 1. The quantitative estimate of drug-likeness (QED) is 0.850. The number of nitrogens with zero attached hydrogens (tertiary/aromatic N) is 1. The van der Waals surface area contributed by atoms with Crippen LogP contribution in [0.25, 0.3) is 0 Å². The maximum Gasteiger partial charge on any atom is 0.164 e. The molecule has 1 atom stereocenters. The molecule has 2 heterocycles. The van der Waals surface area contributed by atoms with Crippen LogP contribution in [0.15, 0.2) is 12.1 Å². The molecule has 0 aliphatic carbocycles. The lowest BCUT2D eigenvalue weighted by Crippen LogP contribution is -2.22. The van der Waals surface area contributed by atoms with Gasteiger partial charge < -0.3 is 18.9 Å². The van der Waals surface area contributed by atoms with Crippen molar-refractivity contribution in [1.82, 2.24) is 4.90 Å². The molecule has 0 spiro atoms. The van der Waals surface area contributed by atoms with Crippen molar-refractivity contribution in [3.63, 3.8) is 0 Å². The Morgan fingerprint density at radius 1 is 1.19 bits per heavy atom. The van der Waals surface area contributed by atoms with Gasteiger partial charge in [-0.1, -0.05) is 0 Å². The first-order valence-electron chi connectivity index (χ1n) is 7.52. The Labute approximate surface area is 125 Å². The molecule has 3 rings (SSSR count). The van der Waals surface area contributed by atoms with E-state index in [9.17, 15) is 0 Å². The molecule has 0 radical (unpaired) electrons. The Morgan fingerprint density at radius 2 is 1.95 bits per heavy atom. The van der Waals surface area contributed by atoms with E-state index in [4.69, 9.17) is 18.9 Å². The van der Waals surface area contributed by atoms with Gasteiger partial charge in [-0.2, -0.15) is 0 Å². The normalized spacial score (nSPS) is 22.1. The maximum absolute atomic E-state index is 5.77. The molecule has 0 aromatic heterocycles. The zero-order chi connectivity index (χ0) is 14.7. The van der Waals surface area contributed by atoms with Crippen LogP contribution in [0.5, 0.6) is 17.2 Å². The Hall–Kier alpha value is -1.46. The highest BCUT2D eigenvalue weighted by Crippen LogP contribution is 2.37. The van der Waals surface area contributed by atoms with Crippen LogP contribution in [0.3, 0.4) is 0 Å². The Bertz CT molecular complexity index is 491. The van der Waals surface area contributed by atoms with Gasteiger partial charge in [-0.25, -0.2) is 0 Å². The zero-order valence-corrected chi connectivity index (χ0v) is 12.8. The molecular formula is C16H23NO4. The predicted octanol–water partition coefficient (Wildman–Crippen LogP) is 2.08. The van der Waals surface area contributed by atoms with Crippen molar-refractivity contribution in [2.24, 2.45) is 0 Å². The van der Waals surface area contributed by atoms with Crippen molar-refractivity contribution in [2.45, 2.75) is 25.5 Å². The molecule has 0 N–H and O–H groups in total. The minimum absolute atomic E-state index is 0.344. The molecule has 1 fully saturated rings. The van der Waals surface area contributed by atoms with Gasteiger partial charge in [0.1, 0.15) is 5.75 Å². The van der Waals surface area contributed by atoms with Crippen LogP contribution in [0.1, 0.15) is 18.4 Å². The molecule has 5 nitrogen and oxygen atoms in total. The number of ether oxygens (including phenoxy) is 4. The zero-order valence-electron chi connectivity index (χ0n) is 12.8. The van der Waals surface area contributed by atoms with E-state index in [2.05, 4.69) is 11.0 Å². The van der Waals surface area contributed by atoms with Crippen LogP contribution in [-0.4, -0.2) is 51.5 Å². The molecule has 21 heavy (non-hydrogen) atoms. The van der Waals surface area contributed by atoms with Crippen LogP contribution in [-0.2, 0) is 11.3 Å². The second-order valence-electron chi connectivity index (χ2n) is 5.54. The summed E-state index contributed by atoms with van der Waals surface area (Å²) >= 11 is 0. The molecule has 0 saturated carbocycles. The fraction of sp³-hybridized carbons (Fsp3) is 0.625. The van der Waals surface area contributed by atoms with Gasteiger partial charge in [0.2, 0.25) is 0 Å². The minimum Gasteiger partial charge on any atom is -0.496 e. The molecule has 0 amide bonds. The van der Waals surface area contributed by atoms with Gasteiger partial charge >= 0.3 is 0 Å². The molecule has 2 aliphatic heterocycles. The van der Waals surface area contributed by atoms with E-state index in [0.29, 0.717) is 19.3 Å². The fourth-order valence-corrected chi connectivity index (χ4v) is 2.92. The highest BCUT2D eigenvalue weighted by atomic mass is 16.5. The summed E-state index contributed by atoms with van der Waals surface area (Å²) in [6, 6.07) is 4.00. The van der Waals surface area contributed by atoms with E-state index in [0.717, 1.165) is 55.3 Å². The van der Waals surface area contributed by atoms with Crippen LogP contribution in [0.2, 0.25) is 0 Å². The van der Waals surface area contributed by atoms with Crippen LogP contribution in [0, 0.1) is 0 Å². The second kappa shape index (κ2) is 6.54. The molecule has 1 aromatic rings. The molecule has 1 saturated heterocycles. The van der Waals surface area contributed by atoms with Gasteiger partial charge in [0.25, 0.3) is 0 Å². The first-order chi connectivity index (χ1) is 10.3. The van der Waals surface area contributed by atoms with Crippen molar-refractivity contribution in [2.75, 3.05) is 40.5 Å². The van der Waals surface area contributed by atoms with Crippen LogP contribution < -0.4 is 14.2 Å². The first-order valence-corrected chi connectivity index (χ1v) is 7.52. The summed E-state index contributed by atoms with van der Waals surface area (Å²) in [4.78, 5) is 2.38. The number of rotatable bonds is 4. The third kappa shape index (κ3) is 3.24. The number of hydrogen-bond acceptors (Lipinski definition) is 5. The monoisotopic (exact) mass is 293 g/mol. The van der Waals surface area contributed by atoms with Gasteiger partial charge in [-0.15, -0.1) is 0 Å². The average molecular weight is 293 g/mol. The largest absolute Gasteiger partial charge is 0.496 e. The number of hydrogen-bond donors (Lipinski definition) is 0. The minimum atomic E-state index is 0.344. The SMILES string of the molecule is COc1cc2c(cc1CN1CCC(OC)C1)OCCCO2.